The van der Waals surface area contributed by atoms with E-state index in [2.05, 4.69) is 23.2 Å². The summed E-state index contributed by atoms with van der Waals surface area (Å²) in [5.41, 5.74) is 2.54. The number of benzene rings is 1. The molecular weight excluding hydrogens is 345 g/mol. The van der Waals surface area contributed by atoms with Crippen LogP contribution in [0.25, 0.3) is 0 Å². The zero-order chi connectivity index (χ0) is 17.4. The first-order valence-electron chi connectivity index (χ1n) is 8.29. The van der Waals surface area contributed by atoms with Gasteiger partial charge in [0.05, 0.1) is 23.3 Å². The molecule has 0 spiro atoms. The molecule has 1 aliphatic heterocycles. The van der Waals surface area contributed by atoms with Crippen LogP contribution in [0, 0.1) is 0 Å². The minimum absolute atomic E-state index is 0.577. The molecule has 0 atom stereocenters. The lowest BCUT2D eigenvalue weighted by Gasteiger charge is -2.22. The van der Waals surface area contributed by atoms with Crippen molar-refractivity contribution in [2.45, 2.75) is 26.3 Å². The Hall–Kier alpha value is -1.23. The Morgan fingerprint density at radius 2 is 2.17 bits per heavy atom. The van der Waals surface area contributed by atoms with Gasteiger partial charge in [-0.2, -0.15) is 0 Å². The Labute approximate surface area is 154 Å². The van der Waals surface area contributed by atoms with Gasteiger partial charge in [0.25, 0.3) is 0 Å². The molecule has 24 heavy (non-hydrogen) atoms. The van der Waals surface area contributed by atoms with Crippen molar-refractivity contribution in [3.63, 3.8) is 0 Å². The highest BCUT2D eigenvalue weighted by atomic mass is 35.5. The molecule has 0 saturated heterocycles. The number of aliphatic imine (C=N–C) groups is 1. The van der Waals surface area contributed by atoms with E-state index in [1.807, 2.05) is 25.2 Å². The molecule has 0 radical (unpaired) electrons. The van der Waals surface area contributed by atoms with Gasteiger partial charge in [-0.3, -0.25) is 4.99 Å². The van der Waals surface area contributed by atoms with Crippen LogP contribution in [0.1, 0.15) is 25.3 Å². The van der Waals surface area contributed by atoms with Crippen molar-refractivity contribution in [3.05, 3.63) is 45.5 Å². The van der Waals surface area contributed by atoms with E-state index >= 15 is 0 Å². The third kappa shape index (κ3) is 6.00. The summed E-state index contributed by atoms with van der Waals surface area (Å²) in [5, 5.41) is 4.50. The molecule has 1 heterocycles. The fraction of sp³-hybridized carbons (Fsp3) is 0.500. The molecule has 0 amide bonds. The summed E-state index contributed by atoms with van der Waals surface area (Å²) < 4.78 is 5.34. The third-order valence-corrected chi connectivity index (χ3v) is 4.59. The van der Waals surface area contributed by atoms with E-state index < -0.39 is 0 Å². The van der Waals surface area contributed by atoms with Crippen molar-refractivity contribution in [1.82, 2.24) is 10.2 Å². The van der Waals surface area contributed by atoms with Crippen LogP contribution in [0.3, 0.4) is 0 Å². The zero-order valence-electron chi connectivity index (χ0n) is 14.3. The first kappa shape index (κ1) is 19.1. The van der Waals surface area contributed by atoms with E-state index in [4.69, 9.17) is 32.9 Å². The van der Waals surface area contributed by atoms with Crippen LogP contribution >= 0.6 is 23.2 Å². The van der Waals surface area contributed by atoms with Gasteiger partial charge in [0, 0.05) is 26.7 Å². The first-order valence-corrected chi connectivity index (χ1v) is 9.04. The number of hydrogen-bond donors (Lipinski definition) is 1. The molecule has 2 rings (SSSR count). The predicted octanol–water partition coefficient (Wildman–Crippen LogP) is 4.13. The van der Waals surface area contributed by atoms with Crippen molar-refractivity contribution in [3.8, 4) is 0 Å². The minimum atomic E-state index is 0.577. The zero-order valence-corrected chi connectivity index (χ0v) is 15.8. The number of guanidine groups is 1. The van der Waals surface area contributed by atoms with E-state index in [1.54, 1.807) is 0 Å². The fourth-order valence-electron chi connectivity index (χ4n) is 2.55. The van der Waals surface area contributed by atoms with Crippen LogP contribution in [0.5, 0.6) is 0 Å². The monoisotopic (exact) mass is 369 g/mol. The SMILES string of the molecule is CCNC(=NCCC1=CCOCC1)N(C)Cc1ccc(Cl)c(Cl)c1. The van der Waals surface area contributed by atoms with Crippen molar-refractivity contribution in [2.24, 2.45) is 4.99 Å². The smallest absolute Gasteiger partial charge is 0.193 e. The fourth-order valence-corrected chi connectivity index (χ4v) is 2.88. The second-order valence-electron chi connectivity index (χ2n) is 5.78. The molecule has 0 unspecified atom stereocenters. The largest absolute Gasteiger partial charge is 0.377 e. The van der Waals surface area contributed by atoms with Crippen LogP contribution in [0.4, 0.5) is 0 Å². The molecule has 4 nitrogen and oxygen atoms in total. The number of rotatable bonds is 6. The van der Waals surface area contributed by atoms with Crippen LogP contribution in [-0.4, -0.2) is 44.2 Å². The first-order chi connectivity index (χ1) is 11.6. The number of hydrogen-bond acceptors (Lipinski definition) is 2. The Morgan fingerprint density at radius 3 is 2.83 bits per heavy atom. The van der Waals surface area contributed by atoms with E-state index in [-0.39, 0.29) is 0 Å². The van der Waals surface area contributed by atoms with Crippen molar-refractivity contribution in [2.75, 3.05) is 33.4 Å². The average Bonchev–Trinajstić information content (AvgIpc) is 2.58. The summed E-state index contributed by atoms with van der Waals surface area (Å²) in [5.74, 6) is 0.899. The average molecular weight is 370 g/mol. The van der Waals surface area contributed by atoms with Crippen LogP contribution in [0.2, 0.25) is 10.0 Å². The van der Waals surface area contributed by atoms with Crippen LogP contribution in [-0.2, 0) is 11.3 Å². The number of nitrogens with zero attached hydrogens (tertiary/aromatic N) is 2. The molecular formula is C18H25Cl2N3O. The Kier molecular flexibility index (Phi) is 7.89. The number of nitrogens with one attached hydrogen (secondary N) is 1. The van der Waals surface area contributed by atoms with Crippen molar-refractivity contribution in [1.29, 1.82) is 0 Å². The van der Waals surface area contributed by atoms with Gasteiger partial charge in [-0.1, -0.05) is 40.9 Å². The molecule has 0 aromatic heterocycles. The summed E-state index contributed by atoms with van der Waals surface area (Å²) in [6.07, 6.45) is 4.18. The maximum Gasteiger partial charge on any atom is 0.193 e. The van der Waals surface area contributed by atoms with E-state index in [0.29, 0.717) is 10.0 Å². The summed E-state index contributed by atoms with van der Waals surface area (Å²) >= 11 is 12.1. The van der Waals surface area contributed by atoms with E-state index in [1.165, 1.54) is 5.57 Å². The molecule has 6 heteroatoms. The Morgan fingerprint density at radius 1 is 1.33 bits per heavy atom. The Bertz CT molecular complexity index is 602. The number of halogens is 2. The molecule has 1 aliphatic rings. The lowest BCUT2D eigenvalue weighted by molar-refractivity contribution is 0.153. The normalized spacial score (nSPS) is 15.2. The van der Waals surface area contributed by atoms with Gasteiger partial charge in [-0.05, 0) is 37.5 Å². The second kappa shape index (κ2) is 9.92. The predicted molar refractivity (Wildman–Crippen MR) is 102 cm³/mol. The lowest BCUT2D eigenvalue weighted by atomic mass is 10.1. The lowest BCUT2D eigenvalue weighted by Crippen LogP contribution is -2.38. The van der Waals surface area contributed by atoms with Gasteiger partial charge in [0.2, 0.25) is 0 Å². The Balaban J connectivity index is 1.95. The third-order valence-electron chi connectivity index (χ3n) is 3.85. The molecule has 0 aliphatic carbocycles. The van der Waals surface area contributed by atoms with Crippen molar-refractivity contribution < 1.29 is 4.74 Å². The molecule has 1 aromatic rings. The van der Waals surface area contributed by atoms with Gasteiger partial charge in [0.15, 0.2) is 5.96 Å². The molecule has 132 valence electrons. The summed E-state index contributed by atoms with van der Waals surface area (Å²) in [6.45, 7) is 5.97. The quantitative estimate of drug-likeness (QED) is 0.465. The van der Waals surface area contributed by atoms with Crippen LogP contribution in [0.15, 0.2) is 34.8 Å². The van der Waals surface area contributed by atoms with E-state index in [9.17, 15) is 0 Å². The van der Waals surface area contributed by atoms with E-state index in [0.717, 1.165) is 57.2 Å². The summed E-state index contributed by atoms with van der Waals surface area (Å²) in [4.78, 5) is 6.83. The summed E-state index contributed by atoms with van der Waals surface area (Å²) in [6, 6.07) is 5.71. The molecule has 0 saturated carbocycles. The number of ether oxygens (including phenoxy) is 1. The second-order valence-corrected chi connectivity index (χ2v) is 6.59. The standard InChI is InChI=1S/C18H25Cl2N3O/c1-3-21-18(22-9-6-14-7-10-24-11-8-14)23(2)13-15-4-5-16(19)17(20)12-15/h4-5,7,12H,3,6,8-11,13H2,1-2H3,(H,21,22). The van der Waals surface area contributed by atoms with Gasteiger partial charge < -0.3 is 15.0 Å². The van der Waals surface area contributed by atoms with Crippen LogP contribution < -0.4 is 5.32 Å². The summed E-state index contributed by atoms with van der Waals surface area (Å²) in [7, 11) is 2.03. The highest BCUT2D eigenvalue weighted by Crippen LogP contribution is 2.23. The van der Waals surface area contributed by atoms with Gasteiger partial charge in [-0.15, -0.1) is 0 Å². The van der Waals surface area contributed by atoms with Gasteiger partial charge in [-0.25, -0.2) is 0 Å². The molecule has 0 bridgehead atoms. The molecule has 1 aromatic carbocycles. The highest BCUT2D eigenvalue weighted by Gasteiger charge is 2.09. The highest BCUT2D eigenvalue weighted by molar-refractivity contribution is 6.42. The topological polar surface area (TPSA) is 36.9 Å². The van der Waals surface area contributed by atoms with Gasteiger partial charge in [0.1, 0.15) is 0 Å². The molecule has 0 fully saturated rings. The molecule has 1 N–H and O–H groups in total. The maximum atomic E-state index is 6.09. The minimum Gasteiger partial charge on any atom is -0.377 e. The van der Waals surface area contributed by atoms with Crippen molar-refractivity contribution >= 4 is 29.2 Å². The maximum absolute atomic E-state index is 6.09. The van der Waals surface area contributed by atoms with Gasteiger partial charge >= 0.3 is 0 Å².